The van der Waals surface area contributed by atoms with E-state index in [2.05, 4.69) is 5.32 Å². The van der Waals surface area contributed by atoms with Gasteiger partial charge in [-0.15, -0.1) is 0 Å². The third-order valence-corrected chi connectivity index (χ3v) is 2.13. The van der Waals surface area contributed by atoms with Gasteiger partial charge in [-0.05, 0) is 24.6 Å². The summed E-state index contributed by atoms with van der Waals surface area (Å²) in [4.78, 5) is 10.7. The van der Waals surface area contributed by atoms with E-state index in [0.29, 0.717) is 18.7 Å². The second-order valence-electron chi connectivity index (χ2n) is 3.38. The van der Waals surface area contributed by atoms with Crippen molar-refractivity contribution in [2.45, 2.75) is 13.5 Å². The maximum atomic E-state index is 10.7. The Morgan fingerprint density at radius 2 is 2.31 bits per heavy atom. The van der Waals surface area contributed by atoms with Crippen molar-refractivity contribution in [2.24, 2.45) is 0 Å². The third-order valence-electron chi connectivity index (χ3n) is 2.13. The fraction of sp³-hybridized carbons (Fsp3) is 0.417. The summed E-state index contributed by atoms with van der Waals surface area (Å²) in [5.41, 5.74) is 1.29. The van der Waals surface area contributed by atoms with E-state index in [4.69, 9.17) is 9.84 Å². The van der Waals surface area contributed by atoms with Gasteiger partial charge in [0.15, 0.2) is 0 Å². The van der Waals surface area contributed by atoms with E-state index in [-0.39, 0.29) is 0 Å². The molecule has 1 aromatic carbocycles. The average molecular weight is 223 g/mol. The lowest BCUT2D eigenvalue weighted by molar-refractivity contribution is 0.0696. The van der Waals surface area contributed by atoms with Crippen LogP contribution in [0.2, 0.25) is 0 Å². The molecule has 16 heavy (non-hydrogen) atoms. The summed E-state index contributed by atoms with van der Waals surface area (Å²) in [7, 11) is 0. The third kappa shape index (κ3) is 4.42. The fourth-order valence-corrected chi connectivity index (χ4v) is 1.34. The SMILES string of the molecule is CCOCCNCc1cccc(C(=O)O)c1. The number of hydrogen-bond acceptors (Lipinski definition) is 3. The van der Waals surface area contributed by atoms with Crippen molar-refractivity contribution in [1.29, 1.82) is 0 Å². The highest BCUT2D eigenvalue weighted by Crippen LogP contribution is 2.04. The summed E-state index contributed by atoms with van der Waals surface area (Å²) in [5.74, 6) is -0.892. The first-order valence-corrected chi connectivity index (χ1v) is 5.34. The molecular formula is C12H17NO3. The number of aromatic carboxylic acids is 1. The van der Waals surface area contributed by atoms with Crippen LogP contribution < -0.4 is 5.32 Å². The highest BCUT2D eigenvalue weighted by Gasteiger charge is 2.02. The molecule has 88 valence electrons. The maximum Gasteiger partial charge on any atom is 0.335 e. The molecule has 0 saturated carbocycles. The van der Waals surface area contributed by atoms with Gasteiger partial charge in [-0.2, -0.15) is 0 Å². The van der Waals surface area contributed by atoms with Crippen LogP contribution in [-0.4, -0.2) is 30.8 Å². The second-order valence-corrected chi connectivity index (χ2v) is 3.38. The van der Waals surface area contributed by atoms with Gasteiger partial charge in [0.25, 0.3) is 0 Å². The minimum Gasteiger partial charge on any atom is -0.478 e. The number of ether oxygens (including phenoxy) is 1. The molecule has 0 aromatic heterocycles. The van der Waals surface area contributed by atoms with Gasteiger partial charge < -0.3 is 15.2 Å². The molecule has 0 bridgehead atoms. The molecule has 0 unspecified atom stereocenters. The molecule has 0 spiro atoms. The van der Waals surface area contributed by atoms with Crippen molar-refractivity contribution in [3.8, 4) is 0 Å². The number of carboxylic acids is 1. The standard InChI is InChI=1S/C12H17NO3/c1-2-16-7-6-13-9-10-4-3-5-11(8-10)12(14)15/h3-5,8,13H,2,6-7,9H2,1H3,(H,14,15). The van der Waals surface area contributed by atoms with E-state index in [1.807, 2.05) is 13.0 Å². The molecular weight excluding hydrogens is 206 g/mol. The molecule has 0 aliphatic rings. The van der Waals surface area contributed by atoms with E-state index in [0.717, 1.165) is 18.7 Å². The van der Waals surface area contributed by atoms with Crippen LogP contribution in [0, 0.1) is 0 Å². The van der Waals surface area contributed by atoms with E-state index in [9.17, 15) is 4.79 Å². The molecule has 0 fully saturated rings. The first kappa shape index (κ1) is 12.7. The van der Waals surface area contributed by atoms with Gasteiger partial charge in [-0.1, -0.05) is 12.1 Å². The Hall–Kier alpha value is -1.39. The van der Waals surface area contributed by atoms with E-state index in [1.54, 1.807) is 18.2 Å². The summed E-state index contributed by atoms with van der Waals surface area (Å²) in [5, 5.41) is 12.0. The second kappa shape index (κ2) is 6.98. The highest BCUT2D eigenvalue weighted by molar-refractivity contribution is 5.87. The van der Waals surface area contributed by atoms with E-state index >= 15 is 0 Å². The van der Waals surface area contributed by atoms with Crippen molar-refractivity contribution in [3.05, 3.63) is 35.4 Å². The van der Waals surface area contributed by atoms with Gasteiger partial charge in [0, 0.05) is 19.7 Å². The van der Waals surface area contributed by atoms with E-state index in [1.165, 1.54) is 0 Å². The van der Waals surface area contributed by atoms with Crippen LogP contribution in [0.5, 0.6) is 0 Å². The zero-order valence-corrected chi connectivity index (χ0v) is 9.40. The number of carbonyl (C=O) groups is 1. The number of nitrogens with one attached hydrogen (secondary N) is 1. The maximum absolute atomic E-state index is 10.7. The minimum absolute atomic E-state index is 0.323. The lowest BCUT2D eigenvalue weighted by Gasteiger charge is -2.05. The Morgan fingerprint density at radius 3 is 3.00 bits per heavy atom. The molecule has 0 heterocycles. The van der Waals surface area contributed by atoms with Crippen molar-refractivity contribution in [2.75, 3.05) is 19.8 Å². The molecule has 0 atom stereocenters. The summed E-state index contributed by atoms with van der Waals surface area (Å²) < 4.78 is 5.18. The highest BCUT2D eigenvalue weighted by atomic mass is 16.5. The quantitative estimate of drug-likeness (QED) is 0.688. The average Bonchev–Trinajstić information content (AvgIpc) is 2.29. The molecule has 2 N–H and O–H groups in total. The van der Waals surface area contributed by atoms with Crippen molar-refractivity contribution in [3.63, 3.8) is 0 Å². The van der Waals surface area contributed by atoms with Gasteiger partial charge in [0.05, 0.1) is 12.2 Å². The Kier molecular flexibility index (Phi) is 5.53. The van der Waals surface area contributed by atoms with Crippen molar-refractivity contribution in [1.82, 2.24) is 5.32 Å². The minimum atomic E-state index is -0.892. The lowest BCUT2D eigenvalue weighted by atomic mass is 10.1. The van der Waals surface area contributed by atoms with Gasteiger partial charge in [-0.25, -0.2) is 4.79 Å². The Balaban J connectivity index is 2.36. The van der Waals surface area contributed by atoms with Crippen LogP contribution in [0.3, 0.4) is 0 Å². The predicted molar refractivity (Wildman–Crippen MR) is 61.6 cm³/mol. The first-order valence-electron chi connectivity index (χ1n) is 5.34. The van der Waals surface area contributed by atoms with Crippen LogP contribution in [0.4, 0.5) is 0 Å². The summed E-state index contributed by atoms with van der Waals surface area (Å²) in [6.45, 7) is 4.78. The molecule has 0 amide bonds. The molecule has 1 rings (SSSR count). The number of benzene rings is 1. The zero-order chi connectivity index (χ0) is 11.8. The number of carboxylic acid groups (broad SMARTS) is 1. The molecule has 0 radical (unpaired) electrons. The molecule has 4 nitrogen and oxygen atoms in total. The largest absolute Gasteiger partial charge is 0.478 e. The van der Waals surface area contributed by atoms with Crippen LogP contribution in [0.1, 0.15) is 22.8 Å². The molecule has 0 saturated heterocycles. The predicted octanol–water partition coefficient (Wildman–Crippen LogP) is 1.51. The van der Waals surface area contributed by atoms with Crippen LogP contribution >= 0.6 is 0 Å². The normalized spacial score (nSPS) is 10.3. The monoisotopic (exact) mass is 223 g/mol. The molecule has 4 heteroatoms. The summed E-state index contributed by atoms with van der Waals surface area (Å²) >= 11 is 0. The Labute approximate surface area is 95.2 Å². The van der Waals surface area contributed by atoms with Crippen molar-refractivity contribution < 1.29 is 14.6 Å². The fourth-order valence-electron chi connectivity index (χ4n) is 1.34. The summed E-state index contributed by atoms with van der Waals surface area (Å²) in [6.07, 6.45) is 0. The van der Waals surface area contributed by atoms with Gasteiger partial charge in [-0.3, -0.25) is 0 Å². The molecule has 0 aliphatic carbocycles. The Morgan fingerprint density at radius 1 is 1.50 bits per heavy atom. The van der Waals surface area contributed by atoms with Gasteiger partial charge in [0.1, 0.15) is 0 Å². The summed E-state index contributed by atoms with van der Waals surface area (Å²) in [6, 6.07) is 6.92. The van der Waals surface area contributed by atoms with Gasteiger partial charge in [0.2, 0.25) is 0 Å². The number of hydrogen-bond donors (Lipinski definition) is 2. The topological polar surface area (TPSA) is 58.6 Å². The van der Waals surface area contributed by atoms with E-state index < -0.39 is 5.97 Å². The first-order chi connectivity index (χ1) is 7.74. The molecule has 1 aromatic rings. The Bertz CT molecular complexity index is 339. The van der Waals surface area contributed by atoms with Crippen LogP contribution in [0.15, 0.2) is 24.3 Å². The lowest BCUT2D eigenvalue weighted by Crippen LogP contribution is -2.19. The van der Waals surface area contributed by atoms with Crippen molar-refractivity contribution >= 4 is 5.97 Å². The zero-order valence-electron chi connectivity index (χ0n) is 9.40. The molecule has 0 aliphatic heterocycles. The number of rotatable bonds is 7. The smallest absolute Gasteiger partial charge is 0.335 e. The van der Waals surface area contributed by atoms with Crippen LogP contribution in [0.25, 0.3) is 0 Å². The van der Waals surface area contributed by atoms with Crippen LogP contribution in [-0.2, 0) is 11.3 Å². The van der Waals surface area contributed by atoms with Gasteiger partial charge >= 0.3 is 5.97 Å².